The number of anilines is 2. The maximum atomic E-state index is 5.41. The Morgan fingerprint density at radius 3 is 2.95 bits per heavy atom. The van der Waals surface area contributed by atoms with Gasteiger partial charge in [0, 0.05) is 32.3 Å². The summed E-state index contributed by atoms with van der Waals surface area (Å²) in [4.78, 5) is 10.6. The zero-order valence-corrected chi connectivity index (χ0v) is 11.0. The van der Waals surface area contributed by atoms with Crippen molar-refractivity contribution in [3.63, 3.8) is 0 Å². The molecule has 2 heterocycles. The monoisotopic (exact) mass is 263 g/mol. The van der Waals surface area contributed by atoms with Crippen molar-refractivity contribution in [3.8, 4) is 0 Å². The van der Waals surface area contributed by atoms with E-state index in [4.69, 9.17) is 15.0 Å². The van der Waals surface area contributed by atoms with E-state index >= 15 is 0 Å². The molecule has 19 heavy (non-hydrogen) atoms. The summed E-state index contributed by atoms with van der Waals surface area (Å²) in [7, 11) is 3.53. The van der Waals surface area contributed by atoms with Gasteiger partial charge >= 0.3 is 0 Å². The molecule has 0 aliphatic heterocycles. The standard InChI is InChI=1S/C12H17N5O2/c1-17(6-9-3-4-19-7-9)12-5-10(16-13)14-11(15-12)8-18-2/h3-5,7H,6,8,13H2,1-2H3,(H,14,15,16). The lowest BCUT2D eigenvalue weighted by Gasteiger charge is -2.18. The second-order valence-corrected chi connectivity index (χ2v) is 4.09. The fraction of sp³-hybridized carbons (Fsp3) is 0.333. The van der Waals surface area contributed by atoms with Gasteiger partial charge in [-0.15, -0.1) is 0 Å². The molecule has 0 atom stereocenters. The third kappa shape index (κ3) is 3.43. The lowest BCUT2D eigenvalue weighted by molar-refractivity contribution is 0.178. The van der Waals surface area contributed by atoms with Crippen LogP contribution < -0.4 is 16.2 Å². The van der Waals surface area contributed by atoms with Gasteiger partial charge in [0.05, 0.1) is 12.5 Å². The van der Waals surface area contributed by atoms with E-state index in [-0.39, 0.29) is 0 Å². The second kappa shape index (κ2) is 6.17. The number of hydrazine groups is 1. The van der Waals surface area contributed by atoms with E-state index in [0.29, 0.717) is 24.8 Å². The van der Waals surface area contributed by atoms with E-state index in [1.54, 1.807) is 25.7 Å². The summed E-state index contributed by atoms with van der Waals surface area (Å²) < 4.78 is 10.1. The minimum absolute atomic E-state index is 0.335. The highest BCUT2D eigenvalue weighted by Crippen LogP contribution is 2.17. The summed E-state index contributed by atoms with van der Waals surface area (Å²) in [5.74, 6) is 7.29. The van der Waals surface area contributed by atoms with Gasteiger partial charge in [0.2, 0.25) is 0 Å². The summed E-state index contributed by atoms with van der Waals surface area (Å²) in [5, 5.41) is 0. The highest BCUT2D eigenvalue weighted by Gasteiger charge is 2.09. The fourth-order valence-corrected chi connectivity index (χ4v) is 1.68. The summed E-state index contributed by atoms with van der Waals surface area (Å²) in [5.41, 5.74) is 3.59. The van der Waals surface area contributed by atoms with Gasteiger partial charge in [-0.1, -0.05) is 0 Å². The lowest BCUT2D eigenvalue weighted by atomic mass is 10.3. The van der Waals surface area contributed by atoms with Gasteiger partial charge in [0.15, 0.2) is 5.82 Å². The van der Waals surface area contributed by atoms with Crippen LogP contribution in [0.3, 0.4) is 0 Å². The largest absolute Gasteiger partial charge is 0.472 e. The first kappa shape index (κ1) is 13.3. The van der Waals surface area contributed by atoms with Crippen molar-refractivity contribution in [2.45, 2.75) is 13.2 Å². The lowest BCUT2D eigenvalue weighted by Crippen LogP contribution is -2.20. The van der Waals surface area contributed by atoms with E-state index in [9.17, 15) is 0 Å². The Bertz CT molecular complexity index is 515. The fourth-order valence-electron chi connectivity index (χ4n) is 1.68. The number of aromatic nitrogens is 2. The molecule has 0 amide bonds. The Balaban J connectivity index is 2.19. The number of hydrogen-bond acceptors (Lipinski definition) is 7. The average molecular weight is 263 g/mol. The van der Waals surface area contributed by atoms with Gasteiger partial charge in [-0.3, -0.25) is 0 Å². The maximum Gasteiger partial charge on any atom is 0.158 e. The van der Waals surface area contributed by atoms with Gasteiger partial charge in [0.1, 0.15) is 18.2 Å². The van der Waals surface area contributed by atoms with Crippen molar-refractivity contribution in [2.75, 3.05) is 24.5 Å². The first-order valence-corrected chi connectivity index (χ1v) is 5.78. The zero-order chi connectivity index (χ0) is 13.7. The van der Waals surface area contributed by atoms with Gasteiger partial charge in [-0.05, 0) is 6.07 Å². The first-order valence-electron chi connectivity index (χ1n) is 5.78. The van der Waals surface area contributed by atoms with Crippen molar-refractivity contribution in [2.24, 2.45) is 5.84 Å². The highest BCUT2D eigenvalue weighted by molar-refractivity contribution is 5.48. The number of methoxy groups -OCH3 is 1. The van der Waals surface area contributed by atoms with Crippen LogP contribution >= 0.6 is 0 Å². The number of hydrogen-bond donors (Lipinski definition) is 2. The van der Waals surface area contributed by atoms with Crippen LogP contribution in [-0.2, 0) is 17.9 Å². The number of nitrogens with two attached hydrogens (primary N) is 1. The Morgan fingerprint density at radius 2 is 2.32 bits per heavy atom. The van der Waals surface area contributed by atoms with Crippen LogP contribution in [0.25, 0.3) is 0 Å². The molecule has 0 fully saturated rings. The predicted molar refractivity (Wildman–Crippen MR) is 71.4 cm³/mol. The molecular weight excluding hydrogens is 246 g/mol. The molecule has 0 bridgehead atoms. The Labute approximate surface area is 111 Å². The van der Waals surface area contributed by atoms with Crippen molar-refractivity contribution in [1.82, 2.24) is 9.97 Å². The molecule has 0 radical (unpaired) electrons. The molecule has 2 aromatic rings. The van der Waals surface area contributed by atoms with Crippen molar-refractivity contribution < 1.29 is 9.15 Å². The summed E-state index contributed by atoms with van der Waals surface area (Å²) in [6.45, 7) is 1.02. The molecule has 2 aromatic heterocycles. The van der Waals surface area contributed by atoms with Crippen LogP contribution in [-0.4, -0.2) is 24.1 Å². The Hall–Kier alpha value is -2.12. The minimum Gasteiger partial charge on any atom is -0.472 e. The van der Waals surface area contributed by atoms with Crippen LogP contribution in [0.1, 0.15) is 11.4 Å². The number of furan rings is 1. The summed E-state index contributed by atoms with van der Waals surface area (Å²) in [6, 6.07) is 3.69. The molecule has 102 valence electrons. The predicted octanol–water partition coefficient (Wildman–Crippen LogP) is 1.14. The maximum absolute atomic E-state index is 5.41. The molecule has 0 unspecified atom stereocenters. The third-order valence-electron chi connectivity index (χ3n) is 2.57. The molecule has 0 aliphatic rings. The minimum atomic E-state index is 0.335. The smallest absolute Gasteiger partial charge is 0.158 e. The van der Waals surface area contributed by atoms with E-state index in [1.165, 1.54) is 0 Å². The van der Waals surface area contributed by atoms with Gasteiger partial charge < -0.3 is 19.5 Å². The quantitative estimate of drug-likeness (QED) is 0.596. The molecule has 7 nitrogen and oxygen atoms in total. The second-order valence-electron chi connectivity index (χ2n) is 4.09. The molecule has 7 heteroatoms. The van der Waals surface area contributed by atoms with Crippen LogP contribution in [0.2, 0.25) is 0 Å². The van der Waals surface area contributed by atoms with Gasteiger partial charge in [-0.2, -0.15) is 0 Å². The number of ether oxygens (including phenoxy) is 1. The molecule has 0 aromatic carbocycles. The molecule has 0 aliphatic carbocycles. The molecular formula is C12H17N5O2. The van der Waals surface area contributed by atoms with Crippen LogP contribution in [0, 0.1) is 0 Å². The Kier molecular flexibility index (Phi) is 4.32. The van der Waals surface area contributed by atoms with E-state index in [0.717, 1.165) is 11.4 Å². The summed E-state index contributed by atoms with van der Waals surface area (Å²) >= 11 is 0. The number of rotatable bonds is 6. The molecule has 2 rings (SSSR count). The zero-order valence-electron chi connectivity index (χ0n) is 11.0. The number of nitrogens with zero attached hydrogens (tertiary/aromatic N) is 3. The van der Waals surface area contributed by atoms with Crippen molar-refractivity contribution in [1.29, 1.82) is 0 Å². The van der Waals surface area contributed by atoms with E-state index < -0.39 is 0 Å². The number of nitrogen functional groups attached to an aromatic ring is 1. The topological polar surface area (TPSA) is 89.4 Å². The Morgan fingerprint density at radius 1 is 1.47 bits per heavy atom. The van der Waals surface area contributed by atoms with Crippen LogP contribution in [0.4, 0.5) is 11.6 Å². The highest BCUT2D eigenvalue weighted by atomic mass is 16.5. The molecule has 0 saturated carbocycles. The first-order chi connectivity index (χ1) is 9.22. The normalized spacial score (nSPS) is 10.5. The van der Waals surface area contributed by atoms with Crippen molar-refractivity contribution in [3.05, 3.63) is 36.0 Å². The molecule has 3 N–H and O–H groups in total. The molecule has 0 spiro atoms. The van der Waals surface area contributed by atoms with E-state index in [1.807, 2.05) is 18.0 Å². The van der Waals surface area contributed by atoms with Crippen molar-refractivity contribution >= 4 is 11.6 Å². The van der Waals surface area contributed by atoms with Crippen LogP contribution in [0.5, 0.6) is 0 Å². The number of nitrogens with one attached hydrogen (secondary N) is 1. The summed E-state index contributed by atoms with van der Waals surface area (Å²) in [6.07, 6.45) is 3.35. The van der Waals surface area contributed by atoms with Gasteiger partial charge in [-0.25, -0.2) is 15.8 Å². The molecule has 0 saturated heterocycles. The average Bonchev–Trinajstić information content (AvgIpc) is 2.91. The van der Waals surface area contributed by atoms with Crippen LogP contribution in [0.15, 0.2) is 29.1 Å². The van der Waals surface area contributed by atoms with Gasteiger partial charge in [0.25, 0.3) is 0 Å². The SMILES string of the molecule is COCc1nc(NN)cc(N(C)Cc2ccoc2)n1. The van der Waals surface area contributed by atoms with E-state index in [2.05, 4.69) is 15.4 Å². The third-order valence-corrected chi connectivity index (χ3v) is 2.57.